The largest absolute Gasteiger partial charge is 0.339 e. The standard InChI is InChI=1S/C11H19NO2/c1-7(2)10-9(13)5-6-12(8(3)4)11(10)14/h7-8,10H,5-6H2,1-4H3. The van der Waals surface area contributed by atoms with Gasteiger partial charge in [0.15, 0.2) is 0 Å². The summed E-state index contributed by atoms with van der Waals surface area (Å²) in [6, 6.07) is 0.205. The van der Waals surface area contributed by atoms with Crippen LogP contribution in [0.5, 0.6) is 0 Å². The molecule has 0 aromatic carbocycles. The maximum absolute atomic E-state index is 11.9. The number of piperidine rings is 1. The molecule has 1 fully saturated rings. The van der Waals surface area contributed by atoms with E-state index in [2.05, 4.69) is 0 Å². The first kappa shape index (κ1) is 11.2. The van der Waals surface area contributed by atoms with Gasteiger partial charge in [0, 0.05) is 19.0 Å². The molecule has 80 valence electrons. The van der Waals surface area contributed by atoms with Crippen LogP contribution in [0, 0.1) is 11.8 Å². The second-order valence-electron chi connectivity index (χ2n) is 4.56. The number of carbonyl (C=O) groups excluding carboxylic acids is 2. The van der Waals surface area contributed by atoms with Gasteiger partial charge in [0.25, 0.3) is 0 Å². The van der Waals surface area contributed by atoms with Gasteiger partial charge in [-0.1, -0.05) is 13.8 Å². The monoisotopic (exact) mass is 197 g/mol. The van der Waals surface area contributed by atoms with Crippen LogP contribution in [0.15, 0.2) is 0 Å². The topological polar surface area (TPSA) is 37.4 Å². The van der Waals surface area contributed by atoms with Gasteiger partial charge in [0.1, 0.15) is 5.78 Å². The Morgan fingerprint density at radius 1 is 1.21 bits per heavy atom. The molecule has 1 rings (SSSR count). The summed E-state index contributed by atoms with van der Waals surface area (Å²) in [6.07, 6.45) is 0.521. The number of likely N-dealkylation sites (tertiary alicyclic amines) is 1. The predicted molar refractivity (Wildman–Crippen MR) is 54.8 cm³/mol. The first-order valence-corrected chi connectivity index (χ1v) is 5.28. The zero-order chi connectivity index (χ0) is 10.9. The smallest absolute Gasteiger partial charge is 0.233 e. The molecule has 0 spiro atoms. The van der Waals surface area contributed by atoms with Gasteiger partial charge in [0.2, 0.25) is 5.91 Å². The molecule has 3 heteroatoms. The Kier molecular flexibility index (Phi) is 3.29. The third-order valence-electron chi connectivity index (χ3n) is 2.79. The third-order valence-corrected chi connectivity index (χ3v) is 2.79. The Morgan fingerprint density at radius 2 is 1.79 bits per heavy atom. The lowest BCUT2D eigenvalue weighted by molar-refractivity contribution is -0.149. The predicted octanol–water partition coefficient (Wildman–Crippen LogP) is 1.47. The molecule has 1 aliphatic heterocycles. The highest BCUT2D eigenvalue weighted by Crippen LogP contribution is 2.23. The van der Waals surface area contributed by atoms with E-state index in [1.807, 2.05) is 32.6 Å². The van der Waals surface area contributed by atoms with Gasteiger partial charge in [0.05, 0.1) is 5.92 Å². The van der Waals surface area contributed by atoms with E-state index in [0.29, 0.717) is 13.0 Å². The normalized spacial score (nSPS) is 23.9. The summed E-state index contributed by atoms with van der Waals surface area (Å²) < 4.78 is 0. The van der Waals surface area contributed by atoms with Crippen LogP contribution in [-0.4, -0.2) is 29.2 Å². The summed E-state index contributed by atoms with van der Waals surface area (Å²) in [6.45, 7) is 8.45. The Hall–Kier alpha value is -0.860. The highest BCUT2D eigenvalue weighted by atomic mass is 16.2. The van der Waals surface area contributed by atoms with Crippen LogP contribution in [0.4, 0.5) is 0 Å². The van der Waals surface area contributed by atoms with Gasteiger partial charge in [-0.3, -0.25) is 9.59 Å². The van der Waals surface area contributed by atoms with Crippen LogP contribution in [0.3, 0.4) is 0 Å². The van der Waals surface area contributed by atoms with Crippen LogP contribution in [0.2, 0.25) is 0 Å². The van der Waals surface area contributed by atoms with E-state index < -0.39 is 5.92 Å². The molecule has 1 aliphatic rings. The first-order chi connectivity index (χ1) is 6.45. The van der Waals surface area contributed by atoms with E-state index in [9.17, 15) is 9.59 Å². The van der Waals surface area contributed by atoms with Gasteiger partial charge in [-0.15, -0.1) is 0 Å². The number of Topliss-reactive ketones (excluding diaryl/α,β-unsaturated/α-hetero) is 1. The van der Waals surface area contributed by atoms with Crippen molar-refractivity contribution in [3.63, 3.8) is 0 Å². The number of ketones is 1. The van der Waals surface area contributed by atoms with Gasteiger partial charge < -0.3 is 4.90 Å². The molecule has 0 aromatic heterocycles. The Bertz CT molecular complexity index is 246. The molecule has 0 saturated carbocycles. The first-order valence-electron chi connectivity index (χ1n) is 5.28. The third kappa shape index (κ3) is 1.97. The number of hydrogen-bond acceptors (Lipinski definition) is 2. The van der Waals surface area contributed by atoms with Crippen molar-refractivity contribution in [2.75, 3.05) is 6.54 Å². The van der Waals surface area contributed by atoms with E-state index in [1.54, 1.807) is 0 Å². The highest BCUT2D eigenvalue weighted by molar-refractivity contribution is 6.03. The number of hydrogen-bond donors (Lipinski definition) is 0. The quantitative estimate of drug-likeness (QED) is 0.629. The van der Waals surface area contributed by atoms with E-state index in [1.165, 1.54) is 0 Å². The molecule has 1 saturated heterocycles. The minimum Gasteiger partial charge on any atom is -0.339 e. The van der Waals surface area contributed by atoms with E-state index >= 15 is 0 Å². The van der Waals surface area contributed by atoms with Crippen LogP contribution in [0.1, 0.15) is 34.1 Å². The summed E-state index contributed by atoms with van der Waals surface area (Å²) in [5.74, 6) is -0.143. The molecule has 1 heterocycles. The van der Waals surface area contributed by atoms with Crippen molar-refractivity contribution < 1.29 is 9.59 Å². The summed E-state index contributed by atoms with van der Waals surface area (Å²) >= 11 is 0. The minimum atomic E-state index is -0.397. The van der Waals surface area contributed by atoms with Crippen molar-refractivity contribution in [2.45, 2.75) is 40.2 Å². The number of amides is 1. The van der Waals surface area contributed by atoms with Crippen molar-refractivity contribution in [1.29, 1.82) is 0 Å². The van der Waals surface area contributed by atoms with Crippen LogP contribution in [0.25, 0.3) is 0 Å². The van der Waals surface area contributed by atoms with Gasteiger partial charge in [-0.2, -0.15) is 0 Å². The number of carbonyl (C=O) groups is 2. The molecular formula is C11H19NO2. The summed E-state index contributed by atoms with van der Waals surface area (Å²) in [4.78, 5) is 25.3. The summed E-state index contributed by atoms with van der Waals surface area (Å²) in [5.41, 5.74) is 0. The molecule has 1 amide bonds. The molecule has 3 nitrogen and oxygen atoms in total. The molecule has 1 atom stereocenters. The zero-order valence-corrected chi connectivity index (χ0v) is 9.41. The second-order valence-corrected chi connectivity index (χ2v) is 4.56. The fourth-order valence-corrected chi connectivity index (χ4v) is 1.98. The minimum absolute atomic E-state index is 0.0197. The lowest BCUT2D eigenvalue weighted by atomic mass is 9.85. The van der Waals surface area contributed by atoms with E-state index in [0.717, 1.165) is 0 Å². The SMILES string of the molecule is CC(C)C1C(=O)CCN(C(C)C)C1=O. The fraction of sp³-hybridized carbons (Fsp3) is 0.818. The van der Waals surface area contributed by atoms with Crippen LogP contribution in [-0.2, 0) is 9.59 Å². The highest BCUT2D eigenvalue weighted by Gasteiger charge is 2.37. The molecule has 0 aromatic rings. The Labute approximate surface area is 85.5 Å². The van der Waals surface area contributed by atoms with Crippen LogP contribution < -0.4 is 0 Å². The average Bonchev–Trinajstić information content (AvgIpc) is 2.02. The average molecular weight is 197 g/mol. The van der Waals surface area contributed by atoms with Gasteiger partial charge in [-0.25, -0.2) is 0 Å². The molecule has 14 heavy (non-hydrogen) atoms. The zero-order valence-electron chi connectivity index (χ0n) is 9.41. The Balaban J connectivity index is 2.83. The van der Waals surface area contributed by atoms with Gasteiger partial charge >= 0.3 is 0 Å². The lowest BCUT2D eigenvalue weighted by Crippen LogP contribution is -2.50. The maximum Gasteiger partial charge on any atom is 0.233 e. The van der Waals surface area contributed by atoms with Crippen molar-refractivity contribution >= 4 is 11.7 Å². The lowest BCUT2D eigenvalue weighted by Gasteiger charge is -2.35. The molecule has 0 N–H and O–H groups in total. The van der Waals surface area contributed by atoms with Crippen molar-refractivity contribution in [3.8, 4) is 0 Å². The van der Waals surface area contributed by atoms with Crippen molar-refractivity contribution in [2.24, 2.45) is 11.8 Å². The number of rotatable bonds is 2. The molecule has 0 radical (unpaired) electrons. The summed E-state index contributed by atoms with van der Waals surface area (Å²) in [5, 5.41) is 0. The number of nitrogens with zero attached hydrogens (tertiary/aromatic N) is 1. The second kappa shape index (κ2) is 4.11. The van der Waals surface area contributed by atoms with Gasteiger partial charge in [-0.05, 0) is 19.8 Å². The molecule has 0 aliphatic carbocycles. The maximum atomic E-state index is 11.9. The molecule has 0 bridgehead atoms. The molecule has 1 unspecified atom stereocenters. The fourth-order valence-electron chi connectivity index (χ4n) is 1.98. The van der Waals surface area contributed by atoms with Crippen molar-refractivity contribution in [1.82, 2.24) is 4.90 Å². The van der Waals surface area contributed by atoms with Crippen molar-refractivity contribution in [3.05, 3.63) is 0 Å². The molecular weight excluding hydrogens is 178 g/mol. The Morgan fingerprint density at radius 3 is 2.21 bits per heavy atom. The summed E-state index contributed by atoms with van der Waals surface area (Å²) in [7, 11) is 0. The van der Waals surface area contributed by atoms with E-state index in [4.69, 9.17) is 0 Å². The van der Waals surface area contributed by atoms with E-state index in [-0.39, 0.29) is 23.7 Å². The van der Waals surface area contributed by atoms with Crippen LogP contribution >= 0.6 is 0 Å².